The van der Waals surface area contributed by atoms with Crippen molar-refractivity contribution >= 4 is 17.6 Å². The summed E-state index contributed by atoms with van der Waals surface area (Å²) in [5, 5.41) is 26.7. The predicted octanol–water partition coefficient (Wildman–Crippen LogP) is 2.00. The van der Waals surface area contributed by atoms with E-state index in [0.717, 1.165) is 12.1 Å². The van der Waals surface area contributed by atoms with Crippen molar-refractivity contribution in [2.45, 2.75) is 0 Å². The van der Waals surface area contributed by atoms with Crippen molar-refractivity contribution in [3.05, 3.63) is 65.4 Å². The van der Waals surface area contributed by atoms with Gasteiger partial charge in [0.2, 0.25) is 0 Å². The summed E-state index contributed by atoms with van der Waals surface area (Å²) in [5.74, 6) is -0.930. The number of nitrogens with one attached hydrogen (secondary N) is 1. The van der Waals surface area contributed by atoms with Gasteiger partial charge in [0.25, 0.3) is 5.91 Å². The second-order valence-electron chi connectivity index (χ2n) is 5.22. The molecule has 9 heteroatoms. The van der Waals surface area contributed by atoms with E-state index in [0.29, 0.717) is 11.3 Å². The number of hydrogen-bond donors (Lipinski definition) is 2. The number of rotatable bonds is 4. The number of carboxylic acids is 1. The lowest BCUT2D eigenvalue weighted by molar-refractivity contribution is 0.0697. The molecule has 0 fully saturated rings. The third-order valence-electron chi connectivity index (χ3n) is 3.52. The van der Waals surface area contributed by atoms with Gasteiger partial charge in [-0.15, -0.1) is 16.6 Å². The first-order valence-electron chi connectivity index (χ1n) is 7.45. The number of halogens is 1. The van der Waals surface area contributed by atoms with Gasteiger partial charge in [0, 0.05) is 5.56 Å². The molecule has 132 valence electrons. The number of benzene rings is 1. The summed E-state index contributed by atoms with van der Waals surface area (Å²) in [6, 6.07) is 6.45. The number of carboxylic acid groups (broad SMARTS) is 1. The fourth-order valence-electron chi connectivity index (χ4n) is 2.20. The van der Waals surface area contributed by atoms with E-state index in [1.807, 2.05) is 0 Å². The van der Waals surface area contributed by atoms with Crippen molar-refractivity contribution < 1.29 is 19.1 Å². The number of amides is 1. The number of aromatic carboxylic acids is 1. The lowest BCUT2D eigenvalue weighted by atomic mass is 10.1. The molecule has 27 heavy (non-hydrogen) atoms. The van der Waals surface area contributed by atoms with Crippen LogP contribution in [0.2, 0.25) is 0 Å². The first kappa shape index (κ1) is 17.6. The molecule has 0 spiro atoms. The van der Waals surface area contributed by atoms with E-state index < -0.39 is 23.3 Å². The summed E-state index contributed by atoms with van der Waals surface area (Å²) in [4.78, 5) is 23.6. The van der Waals surface area contributed by atoms with Crippen LogP contribution in [0.4, 0.5) is 10.1 Å². The average Bonchev–Trinajstić information content (AvgIpc) is 2.69. The summed E-state index contributed by atoms with van der Waals surface area (Å²) >= 11 is 0. The fourth-order valence-corrected chi connectivity index (χ4v) is 2.20. The molecule has 0 saturated heterocycles. The summed E-state index contributed by atoms with van der Waals surface area (Å²) in [5.41, 5.74) is 0.308. The van der Waals surface area contributed by atoms with Gasteiger partial charge in [-0.1, -0.05) is 5.92 Å². The minimum atomic E-state index is -1.42. The van der Waals surface area contributed by atoms with E-state index in [1.165, 1.54) is 18.5 Å². The molecular formula is C18H10FN5O3. The highest BCUT2D eigenvalue weighted by molar-refractivity contribution is 6.07. The molecule has 3 rings (SSSR count). The predicted molar refractivity (Wildman–Crippen MR) is 92.3 cm³/mol. The monoisotopic (exact) mass is 363 g/mol. The van der Waals surface area contributed by atoms with Gasteiger partial charge in [-0.2, -0.15) is 10.2 Å². The van der Waals surface area contributed by atoms with Gasteiger partial charge < -0.3 is 10.4 Å². The Balaban J connectivity index is 1.88. The Hall–Kier alpha value is -4.19. The largest absolute Gasteiger partial charge is 0.478 e. The van der Waals surface area contributed by atoms with E-state index in [2.05, 4.69) is 31.6 Å². The molecule has 0 saturated carbocycles. The molecule has 2 aromatic heterocycles. The number of carbonyl (C=O) groups excluding carboxylic acids is 1. The number of anilines is 1. The molecule has 2 N–H and O–H groups in total. The van der Waals surface area contributed by atoms with Crippen LogP contribution in [-0.4, -0.2) is 37.4 Å². The van der Waals surface area contributed by atoms with Crippen molar-refractivity contribution in [3.8, 4) is 23.6 Å². The van der Waals surface area contributed by atoms with Crippen LogP contribution >= 0.6 is 0 Å². The summed E-state index contributed by atoms with van der Waals surface area (Å²) < 4.78 is 13.7. The third-order valence-corrected chi connectivity index (χ3v) is 3.52. The molecule has 8 nitrogen and oxygen atoms in total. The van der Waals surface area contributed by atoms with Crippen molar-refractivity contribution in [1.82, 2.24) is 20.4 Å². The van der Waals surface area contributed by atoms with E-state index in [9.17, 15) is 19.1 Å². The lowest BCUT2D eigenvalue weighted by Gasteiger charge is -2.09. The van der Waals surface area contributed by atoms with Crippen molar-refractivity contribution in [3.63, 3.8) is 0 Å². The van der Waals surface area contributed by atoms with E-state index in [1.54, 1.807) is 12.1 Å². The Bertz CT molecular complexity index is 1060. The highest BCUT2D eigenvalue weighted by atomic mass is 19.1. The van der Waals surface area contributed by atoms with Gasteiger partial charge in [0.15, 0.2) is 5.69 Å². The zero-order chi connectivity index (χ0) is 19.4. The van der Waals surface area contributed by atoms with Gasteiger partial charge in [-0.25, -0.2) is 9.18 Å². The van der Waals surface area contributed by atoms with Gasteiger partial charge in [-0.3, -0.25) is 4.79 Å². The highest BCUT2D eigenvalue weighted by Crippen LogP contribution is 2.22. The van der Waals surface area contributed by atoms with Crippen LogP contribution in [0, 0.1) is 18.2 Å². The molecule has 0 aliphatic carbocycles. The lowest BCUT2D eigenvalue weighted by Crippen LogP contribution is -2.17. The summed E-state index contributed by atoms with van der Waals surface area (Å²) in [7, 11) is 0. The molecule has 0 aliphatic rings. The molecule has 1 aromatic carbocycles. The number of nitrogens with zero attached hydrogens (tertiary/aromatic N) is 4. The van der Waals surface area contributed by atoms with Crippen molar-refractivity contribution in [2.75, 3.05) is 5.32 Å². The number of hydrogen-bond acceptors (Lipinski definition) is 6. The standard InChI is InChI=1S/C18H10FN5O3/c1-2-10-7-16(12(18(26)27)8-13(10)19)22-17(25)15-4-3-14(23-24-15)11-5-6-20-21-9-11/h1,3-9H,(H,22,25)(H,26,27). The first-order valence-corrected chi connectivity index (χ1v) is 7.45. The van der Waals surface area contributed by atoms with Crippen LogP contribution in [0.5, 0.6) is 0 Å². The van der Waals surface area contributed by atoms with Crippen LogP contribution in [0.1, 0.15) is 26.4 Å². The van der Waals surface area contributed by atoms with Crippen LogP contribution < -0.4 is 5.32 Å². The second-order valence-corrected chi connectivity index (χ2v) is 5.22. The van der Waals surface area contributed by atoms with Gasteiger partial charge in [0.05, 0.1) is 34.9 Å². The van der Waals surface area contributed by atoms with Crippen molar-refractivity contribution in [2.24, 2.45) is 0 Å². The SMILES string of the molecule is C#Cc1cc(NC(=O)c2ccc(-c3ccnnc3)nn2)c(C(=O)O)cc1F. The summed E-state index contributed by atoms with van der Waals surface area (Å²) in [6.45, 7) is 0. The molecule has 1 amide bonds. The van der Waals surface area contributed by atoms with Gasteiger partial charge in [-0.05, 0) is 30.3 Å². The number of terminal acetylenes is 1. The minimum absolute atomic E-state index is 0.0660. The van der Waals surface area contributed by atoms with Crippen LogP contribution in [0.25, 0.3) is 11.3 Å². The molecule has 0 aliphatic heterocycles. The maximum atomic E-state index is 13.7. The van der Waals surface area contributed by atoms with E-state index in [-0.39, 0.29) is 16.9 Å². The average molecular weight is 363 g/mol. The molecule has 0 unspecified atom stereocenters. The maximum Gasteiger partial charge on any atom is 0.337 e. The number of aromatic nitrogens is 4. The van der Waals surface area contributed by atoms with Gasteiger partial charge >= 0.3 is 5.97 Å². The zero-order valence-electron chi connectivity index (χ0n) is 13.5. The zero-order valence-corrected chi connectivity index (χ0v) is 13.5. The van der Waals surface area contributed by atoms with Gasteiger partial charge in [0.1, 0.15) is 5.82 Å². The Morgan fingerprint density at radius 1 is 1.15 bits per heavy atom. The third kappa shape index (κ3) is 3.74. The maximum absolute atomic E-state index is 13.7. The first-order chi connectivity index (χ1) is 13.0. The van der Waals surface area contributed by atoms with Crippen LogP contribution in [0.3, 0.4) is 0 Å². The fraction of sp³-hybridized carbons (Fsp3) is 0. The van der Waals surface area contributed by atoms with E-state index in [4.69, 9.17) is 6.42 Å². The molecule has 3 aromatic rings. The van der Waals surface area contributed by atoms with Crippen LogP contribution in [0.15, 0.2) is 42.7 Å². The Kier molecular flexibility index (Phi) is 4.81. The molecule has 0 radical (unpaired) electrons. The minimum Gasteiger partial charge on any atom is -0.478 e. The van der Waals surface area contributed by atoms with E-state index >= 15 is 0 Å². The molecule has 0 atom stereocenters. The smallest absolute Gasteiger partial charge is 0.337 e. The van der Waals surface area contributed by atoms with Crippen LogP contribution in [-0.2, 0) is 0 Å². The summed E-state index contributed by atoms with van der Waals surface area (Å²) in [6.07, 6.45) is 8.16. The Morgan fingerprint density at radius 2 is 1.96 bits per heavy atom. The topological polar surface area (TPSA) is 118 Å². The quantitative estimate of drug-likeness (QED) is 0.681. The Labute approximate surface area is 152 Å². The molecule has 0 bridgehead atoms. The Morgan fingerprint density at radius 3 is 2.56 bits per heavy atom. The number of carbonyl (C=O) groups is 2. The molecular weight excluding hydrogens is 353 g/mol. The second kappa shape index (κ2) is 7.37. The normalized spacial score (nSPS) is 10.1. The molecule has 2 heterocycles. The van der Waals surface area contributed by atoms with Crippen molar-refractivity contribution in [1.29, 1.82) is 0 Å². The highest BCUT2D eigenvalue weighted by Gasteiger charge is 2.18.